The number of hydrogen-bond donors (Lipinski definition) is 0. The van der Waals surface area contributed by atoms with Crippen LogP contribution in [0.25, 0.3) is 23.1 Å². The first-order chi connectivity index (χ1) is 9.74. The van der Waals surface area contributed by atoms with Crippen molar-refractivity contribution < 1.29 is 28.5 Å². The van der Waals surface area contributed by atoms with Gasteiger partial charge < -0.3 is 24.0 Å². The number of aryl methyl sites for hydroxylation is 1. The topological polar surface area (TPSA) is 3.88 Å². The lowest BCUT2D eigenvalue weighted by atomic mass is 10.1. The number of rotatable bonds is 2. The van der Waals surface area contributed by atoms with Crippen LogP contribution in [0.3, 0.4) is 0 Å². The molecule has 0 radical (unpaired) electrons. The van der Waals surface area contributed by atoms with Crippen LogP contribution in [0.2, 0.25) is 5.02 Å². The zero-order chi connectivity index (χ0) is 13.9. The van der Waals surface area contributed by atoms with Gasteiger partial charge in [-0.1, -0.05) is 35.9 Å². The first kappa shape index (κ1) is 16.0. The molecule has 3 heteroatoms. The Morgan fingerprint density at radius 1 is 0.905 bits per heavy atom. The van der Waals surface area contributed by atoms with Gasteiger partial charge in [0.15, 0.2) is 0 Å². The van der Waals surface area contributed by atoms with Gasteiger partial charge in [0.25, 0.3) is 0 Å². The monoisotopic (exact) mass is 407 g/mol. The Kier molecular flexibility index (Phi) is 5.37. The second-order valence-corrected chi connectivity index (χ2v) is 5.20. The van der Waals surface area contributed by atoms with Crippen LogP contribution in [-0.2, 0) is 7.05 Å². The number of aromatic nitrogens is 1. The summed E-state index contributed by atoms with van der Waals surface area (Å²) in [5, 5.41) is 2.00. The molecule has 0 aliphatic heterocycles. The lowest BCUT2D eigenvalue weighted by Gasteiger charge is -2.00. The molecule has 3 aromatic rings. The average Bonchev–Trinajstić information content (AvgIpc) is 2.47. The molecule has 0 amide bonds. The Morgan fingerprint density at radius 2 is 1.71 bits per heavy atom. The number of benzene rings is 2. The second-order valence-electron chi connectivity index (χ2n) is 4.76. The third-order valence-electron chi connectivity index (χ3n) is 3.41. The maximum absolute atomic E-state index is 6.00. The normalized spacial score (nSPS) is 10.8. The Hall–Kier alpha value is -1.39. The van der Waals surface area contributed by atoms with E-state index in [1.165, 1.54) is 10.9 Å². The van der Waals surface area contributed by atoms with Gasteiger partial charge in [0.2, 0.25) is 11.2 Å². The van der Waals surface area contributed by atoms with Crippen molar-refractivity contribution in [3.05, 3.63) is 76.9 Å². The van der Waals surface area contributed by atoms with Crippen LogP contribution in [0.1, 0.15) is 11.3 Å². The third-order valence-corrected chi connectivity index (χ3v) is 3.65. The van der Waals surface area contributed by atoms with Crippen molar-refractivity contribution in [3.8, 4) is 0 Å². The highest BCUT2D eigenvalue weighted by Crippen LogP contribution is 2.14. The molecule has 3 rings (SSSR count). The molecule has 0 aliphatic rings. The molecule has 0 saturated carbocycles. The fourth-order valence-electron chi connectivity index (χ4n) is 2.32. The summed E-state index contributed by atoms with van der Waals surface area (Å²) >= 11 is 6.00. The molecular weight excluding hydrogens is 393 g/mol. The number of para-hydroxylation sites is 1. The van der Waals surface area contributed by atoms with E-state index in [9.17, 15) is 0 Å². The van der Waals surface area contributed by atoms with Crippen LogP contribution >= 0.6 is 11.6 Å². The van der Waals surface area contributed by atoms with Crippen LogP contribution < -0.4 is 28.5 Å². The van der Waals surface area contributed by atoms with Crippen LogP contribution in [-0.4, -0.2) is 0 Å². The van der Waals surface area contributed by atoms with E-state index < -0.39 is 0 Å². The van der Waals surface area contributed by atoms with E-state index in [-0.39, 0.29) is 24.0 Å². The molecular formula is C18H15ClIN. The maximum Gasteiger partial charge on any atom is 0.212 e. The molecule has 2 aromatic carbocycles. The van der Waals surface area contributed by atoms with Gasteiger partial charge in [0, 0.05) is 28.6 Å². The molecule has 0 saturated heterocycles. The molecule has 0 fully saturated rings. The number of hydrogen-bond acceptors (Lipinski definition) is 0. The van der Waals surface area contributed by atoms with E-state index in [1.54, 1.807) is 0 Å². The van der Waals surface area contributed by atoms with Crippen molar-refractivity contribution >= 4 is 34.7 Å². The van der Waals surface area contributed by atoms with E-state index in [2.05, 4.69) is 60.2 Å². The number of nitrogens with zero attached hydrogens (tertiary/aromatic N) is 1. The predicted octanol–water partition coefficient (Wildman–Crippen LogP) is 1.49. The van der Waals surface area contributed by atoms with Gasteiger partial charge in [-0.2, -0.15) is 4.57 Å². The molecule has 0 spiro atoms. The molecule has 0 unspecified atom stereocenters. The van der Waals surface area contributed by atoms with Gasteiger partial charge in [-0.3, -0.25) is 0 Å². The minimum Gasteiger partial charge on any atom is -1.00 e. The Morgan fingerprint density at radius 3 is 2.52 bits per heavy atom. The minimum absolute atomic E-state index is 0. The summed E-state index contributed by atoms with van der Waals surface area (Å²) in [5.74, 6) is 0. The highest BCUT2D eigenvalue weighted by molar-refractivity contribution is 6.30. The summed E-state index contributed by atoms with van der Waals surface area (Å²) in [5.41, 5.74) is 3.48. The van der Waals surface area contributed by atoms with Gasteiger partial charge >= 0.3 is 0 Å². The lowest BCUT2D eigenvalue weighted by molar-refractivity contribution is -0.646. The summed E-state index contributed by atoms with van der Waals surface area (Å²) in [7, 11) is 2.08. The van der Waals surface area contributed by atoms with E-state index in [4.69, 9.17) is 11.6 Å². The standard InChI is InChI=1S/C18H15ClN.HI/c1-20-17(11-9-14-5-4-7-16(19)13-14)12-10-15-6-2-3-8-18(15)20;/h2-13H,1H3;1H/q+1;/p-1/b11-9+;. The highest BCUT2D eigenvalue weighted by atomic mass is 127. The number of pyridine rings is 1. The van der Waals surface area contributed by atoms with Gasteiger partial charge in [-0.05, 0) is 35.9 Å². The van der Waals surface area contributed by atoms with Crippen molar-refractivity contribution in [1.29, 1.82) is 0 Å². The van der Waals surface area contributed by atoms with Crippen LogP contribution in [0, 0.1) is 0 Å². The largest absolute Gasteiger partial charge is 1.00 e. The highest BCUT2D eigenvalue weighted by Gasteiger charge is 2.07. The summed E-state index contributed by atoms with van der Waals surface area (Å²) in [6.45, 7) is 0. The Balaban J connectivity index is 0.00000161. The molecule has 0 N–H and O–H groups in total. The molecule has 1 aromatic heterocycles. The van der Waals surface area contributed by atoms with Crippen LogP contribution in [0.4, 0.5) is 0 Å². The smallest absolute Gasteiger partial charge is 0.212 e. The molecule has 106 valence electrons. The van der Waals surface area contributed by atoms with Crippen LogP contribution in [0.5, 0.6) is 0 Å². The second kappa shape index (κ2) is 7.05. The fraction of sp³-hybridized carbons (Fsp3) is 0.0556. The van der Waals surface area contributed by atoms with Crippen LogP contribution in [0.15, 0.2) is 60.7 Å². The fourth-order valence-corrected chi connectivity index (χ4v) is 2.52. The minimum atomic E-state index is 0. The van der Waals surface area contributed by atoms with E-state index in [0.29, 0.717) is 0 Å². The van der Waals surface area contributed by atoms with Crippen molar-refractivity contribution in [3.63, 3.8) is 0 Å². The van der Waals surface area contributed by atoms with Crippen molar-refractivity contribution in [2.75, 3.05) is 0 Å². The SMILES string of the molecule is C[n+]1c(/C=C/c2cccc(Cl)c2)ccc2ccccc21.[I-]. The molecule has 1 nitrogen and oxygen atoms in total. The first-order valence-electron chi connectivity index (χ1n) is 6.55. The predicted molar refractivity (Wildman–Crippen MR) is 85.5 cm³/mol. The molecule has 1 heterocycles. The summed E-state index contributed by atoms with van der Waals surface area (Å²) in [4.78, 5) is 0. The van der Waals surface area contributed by atoms with Gasteiger partial charge in [0.1, 0.15) is 7.05 Å². The zero-order valence-electron chi connectivity index (χ0n) is 11.6. The van der Waals surface area contributed by atoms with Crippen molar-refractivity contribution in [1.82, 2.24) is 0 Å². The summed E-state index contributed by atoms with van der Waals surface area (Å²) in [6.07, 6.45) is 4.19. The molecule has 21 heavy (non-hydrogen) atoms. The maximum atomic E-state index is 6.00. The number of halogens is 2. The average molecular weight is 408 g/mol. The Labute approximate surface area is 146 Å². The van der Waals surface area contributed by atoms with Gasteiger partial charge in [-0.15, -0.1) is 0 Å². The van der Waals surface area contributed by atoms with Crippen molar-refractivity contribution in [2.45, 2.75) is 0 Å². The van der Waals surface area contributed by atoms with Crippen molar-refractivity contribution in [2.24, 2.45) is 7.05 Å². The van der Waals surface area contributed by atoms with Gasteiger partial charge in [0.05, 0.1) is 0 Å². The number of fused-ring (bicyclic) bond motifs is 1. The third kappa shape index (κ3) is 3.63. The quantitative estimate of drug-likeness (QED) is 0.448. The first-order valence-corrected chi connectivity index (χ1v) is 6.93. The van der Waals surface area contributed by atoms with E-state index in [0.717, 1.165) is 16.3 Å². The van der Waals surface area contributed by atoms with E-state index >= 15 is 0 Å². The summed E-state index contributed by atoms with van der Waals surface area (Å²) < 4.78 is 2.19. The lowest BCUT2D eigenvalue weighted by Crippen LogP contribution is -3.00. The molecule has 0 aliphatic carbocycles. The summed E-state index contributed by atoms with van der Waals surface area (Å²) in [6, 6.07) is 20.5. The molecule has 0 atom stereocenters. The zero-order valence-corrected chi connectivity index (χ0v) is 14.5. The van der Waals surface area contributed by atoms with Gasteiger partial charge in [-0.25, -0.2) is 0 Å². The van der Waals surface area contributed by atoms with E-state index in [1.807, 2.05) is 24.3 Å². The molecule has 0 bridgehead atoms. The Bertz CT molecular complexity index is 796.